The lowest BCUT2D eigenvalue weighted by Gasteiger charge is -2.11. The summed E-state index contributed by atoms with van der Waals surface area (Å²) >= 11 is 7.58. The molecule has 2 N–H and O–H groups in total. The number of carbonyl (C=O) groups is 1. The molecule has 3 aromatic rings. The van der Waals surface area contributed by atoms with Crippen LogP contribution in [-0.4, -0.2) is 13.0 Å². The highest BCUT2D eigenvalue weighted by molar-refractivity contribution is 7.99. The minimum atomic E-state index is -0.571. The first-order valence-corrected chi connectivity index (χ1v) is 10.1. The number of carbonyl (C=O) groups excluding carboxylic acids is 1. The zero-order valence-electron chi connectivity index (χ0n) is 16.1. The van der Waals surface area contributed by atoms with Gasteiger partial charge in [-0.1, -0.05) is 53.7 Å². The second-order valence-corrected chi connectivity index (χ2v) is 7.58. The van der Waals surface area contributed by atoms with Crippen LogP contribution in [-0.2, 0) is 4.79 Å². The summed E-state index contributed by atoms with van der Waals surface area (Å²) in [5.41, 5.74) is 1.08. The lowest BCUT2D eigenvalue weighted by Crippen LogP contribution is -2.15. The number of ether oxygens (including phenoxy) is 1. The van der Waals surface area contributed by atoms with Crippen molar-refractivity contribution >= 4 is 40.6 Å². The molecule has 3 aromatic carbocycles. The second-order valence-electron chi connectivity index (χ2n) is 6.02. The Kier molecular flexibility index (Phi) is 7.39. The van der Waals surface area contributed by atoms with Crippen LogP contribution in [0, 0.1) is 11.3 Å². The average Bonchev–Trinajstić information content (AvgIpc) is 2.76. The monoisotopic (exact) mass is 435 g/mol. The number of rotatable bonds is 7. The fourth-order valence-electron chi connectivity index (χ4n) is 2.56. The zero-order chi connectivity index (χ0) is 21.3. The van der Waals surface area contributed by atoms with E-state index in [0.29, 0.717) is 16.5 Å². The molecule has 1 amide bonds. The van der Waals surface area contributed by atoms with Gasteiger partial charge in [-0.2, -0.15) is 5.26 Å². The van der Waals surface area contributed by atoms with Gasteiger partial charge in [0.25, 0.3) is 5.91 Å². The highest BCUT2D eigenvalue weighted by atomic mass is 35.5. The first-order valence-electron chi connectivity index (χ1n) is 8.94. The maximum absolute atomic E-state index is 12.6. The first kappa shape index (κ1) is 21.3. The number of anilines is 2. The van der Waals surface area contributed by atoms with Gasteiger partial charge < -0.3 is 15.4 Å². The van der Waals surface area contributed by atoms with Crippen molar-refractivity contribution in [3.8, 4) is 11.8 Å². The van der Waals surface area contributed by atoms with E-state index in [0.717, 1.165) is 15.5 Å². The predicted octanol–water partition coefficient (Wildman–Crippen LogP) is 5.96. The molecule has 0 heterocycles. The standard InChI is InChI=1S/C23H18ClN3O2S/c1-29-21-12-11-17(24)13-20(21)27-23(28)16(14-25)15-26-19-9-5-6-10-22(19)30-18-7-3-2-4-8-18/h2-13,15,26H,1H3,(H,27,28)/b16-15-. The molecule has 0 aliphatic carbocycles. The van der Waals surface area contributed by atoms with Crippen LogP contribution in [0.15, 0.2) is 94.4 Å². The Labute approximate surface area is 184 Å². The van der Waals surface area contributed by atoms with Gasteiger partial charge in [0.05, 0.1) is 18.5 Å². The third-order valence-corrected chi connectivity index (χ3v) is 5.32. The number of nitriles is 1. The van der Waals surface area contributed by atoms with E-state index in [-0.39, 0.29) is 5.57 Å². The van der Waals surface area contributed by atoms with E-state index in [1.54, 1.807) is 30.0 Å². The Morgan fingerprint density at radius 1 is 1.07 bits per heavy atom. The molecule has 0 saturated carbocycles. The Hall–Kier alpha value is -3.40. The molecule has 0 atom stereocenters. The maximum atomic E-state index is 12.6. The molecule has 0 radical (unpaired) electrons. The molecule has 0 aliphatic heterocycles. The molecule has 0 spiro atoms. The molecule has 30 heavy (non-hydrogen) atoms. The summed E-state index contributed by atoms with van der Waals surface area (Å²) in [5.74, 6) is -0.124. The third kappa shape index (κ3) is 5.57. The van der Waals surface area contributed by atoms with Crippen molar-refractivity contribution in [1.29, 1.82) is 5.26 Å². The van der Waals surface area contributed by atoms with Crippen LogP contribution in [0.1, 0.15) is 0 Å². The zero-order valence-corrected chi connectivity index (χ0v) is 17.6. The van der Waals surface area contributed by atoms with E-state index in [2.05, 4.69) is 10.6 Å². The number of nitrogens with zero attached hydrogens (tertiary/aromatic N) is 1. The topological polar surface area (TPSA) is 74.1 Å². The number of halogens is 1. The van der Waals surface area contributed by atoms with Crippen molar-refractivity contribution in [2.75, 3.05) is 17.7 Å². The molecule has 0 saturated heterocycles. The van der Waals surface area contributed by atoms with Gasteiger partial charge in [0, 0.05) is 21.0 Å². The van der Waals surface area contributed by atoms with Crippen LogP contribution >= 0.6 is 23.4 Å². The van der Waals surface area contributed by atoms with Crippen molar-refractivity contribution in [3.05, 3.63) is 89.6 Å². The molecule has 0 aromatic heterocycles. The molecule has 0 unspecified atom stereocenters. The Morgan fingerprint density at radius 3 is 2.53 bits per heavy atom. The van der Waals surface area contributed by atoms with Gasteiger partial charge >= 0.3 is 0 Å². The molecule has 3 rings (SSSR count). The number of para-hydroxylation sites is 1. The van der Waals surface area contributed by atoms with Gasteiger partial charge in [0.15, 0.2) is 0 Å². The largest absolute Gasteiger partial charge is 0.495 e. The third-order valence-electron chi connectivity index (χ3n) is 4.00. The van der Waals surface area contributed by atoms with Crippen molar-refractivity contribution in [2.24, 2.45) is 0 Å². The minimum absolute atomic E-state index is 0.0865. The molecule has 150 valence electrons. The summed E-state index contributed by atoms with van der Waals surface area (Å²) in [4.78, 5) is 14.6. The lowest BCUT2D eigenvalue weighted by molar-refractivity contribution is -0.112. The van der Waals surface area contributed by atoms with E-state index in [1.807, 2.05) is 60.7 Å². The SMILES string of the molecule is COc1ccc(Cl)cc1NC(=O)/C(C#N)=C\Nc1ccccc1Sc1ccccc1. The smallest absolute Gasteiger partial charge is 0.267 e. The molecular weight excluding hydrogens is 418 g/mol. The van der Waals surface area contributed by atoms with Crippen molar-refractivity contribution in [2.45, 2.75) is 9.79 Å². The molecule has 0 aliphatic rings. The van der Waals surface area contributed by atoms with Gasteiger partial charge in [-0.25, -0.2) is 0 Å². The van der Waals surface area contributed by atoms with E-state index in [4.69, 9.17) is 16.3 Å². The van der Waals surface area contributed by atoms with Gasteiger partial charge in [0.1, 0.15) is 17.4 Å². The summed E-state index contributed by atoms with van der Waals surface area (Å²) in [6, 6.07) is 24.4. The van der Waals surface area contributed by atoms with E-state index in [1.165, 1.54) is 13.3 Å². The van der Waals surface area contributed by atoms with Gasteiger partial charge in [-0.05, 0) is 42.5 Å². The molecule has 7 heteroatoms. The first-order chi connectivity index (χ1) is 14.6. The van der Waals surface area contributed by atoms with E-state index < -0.39 is 5.91 Å². The van der Waals surface area contributed by atoms with Gasteiger partial charge in [0.2, 0.25) is 0 Å². The Bertz CT molecular complexity index is 1110. The van der Waals surface area contributed by atoms with Gasteiger partial charge in [-0.3, -0.25) is 4.79 Å². The van der Waals surface area contributed by atoms with Crippen molar-refractivity contribution < 1.29 is 9.53 Å². The van der Waals surface area contributed by atoms with Gasteiger partial charge in [-0.15, -0.1) is 0 Å². The number of hydrogen-bond acceptors (Lipinski definition) is 5. The fourth-order valence-corrected chi connectivity index (χ4v) is 3.66. The number of methoxy groups -OCH3 is 1. The highest BCUT2D eigenvalue weighted by Gasteiger charge is 2.13. The van der Waals surface area contributed by atoms with Crippen LogP contribution < -0.4 is 15.4 Å². The van der Waals surface area contributed by atoms with Crippen molar-refractivity contribution in [1.82, 2.24) is 0 Å². The molecule has 0 bridgehead atoms. The van der Waals surface area contributed by atoms with Crippen LogP contribution in [0.4, 0.5) is 11.4 Å². The lowest BCUT2D eigenvalue weighted by atomic mass is 10.2. The normalized spacial score (nSPS) is 10.8. The van der Waals surface area contributed by atoms with Crippen LogP contribution in [0.2, 0.25) is 5.02 Å². The molecule has 0 fully saturated rings. The highest BCUT2D eigenvalue weighted by Crippen LogP contribution is 2.33. The summed E-state index contributed by atoms with van der Waals surface area (Å²) < 4.78 is 5.22. The summed E-state index contributed by atoms with van der Waals surface area (Å²) in [5, 5.41) is 15.6. The van der Waals surface area contributed by atoms with Crippen molar-refractivity contribution in [3.63, 3.8) is 0 Å². The number of benzene rings is 3. The summed E-state index contributed by atoms with van der Waals surface area (Å²) in [6.45, 7) is 0. The molecule has 5 nitrogen and oxygen atoms in total. The van der Waals surface area contributed by atoms with E-state index in [9.17, 15) is 10.1 Å². The van der Waals surface area contributed by atoms with Crippen LogP contribution in [0.25, 0.3) is 0 Å². The predicted molar refractivity (Wildman–Crippen MR) is 121 cm³/mol. The second kappa shape index (κ2) is 10.4. The summed E-state index contributed by atoms with van der Waals surface area (Å²) in [6.07, 6.45) is 1.39. The maximum Gasteiger partial charge on any atom is 0.267 e. The molecular formula is C23H18ClN3O2S. The minimum Gasteiger partial charge on any atom is -0.495 e. The Balaban J connectivity index is 1.77. The Morgan fingerprint density at radius 2 is 1.80 bits per heavy atom. The number of hydrogen-bond donors (Lipinski definition) is 2. The number of nitrogens with one attached hydrogen (secondary N) is 2. The number of amides is 1. The van der Waals surface area contributed by atoms with Crippen LogP contribution in [0.5, 0.6) is 5.75 Å². The summed E-state index contributed by atoms with van der Waals surface area (Å²) in [7, 11) is 1.49. The van der Waals surface area contributed by atoms with E-state index >= 15 is 0 Å². The fraction of sp³-hybridized carbons (Fsp3) is 0.0435. The quantitative estimate of drug-likeness (QED) is 0.354. The average molecular weight is 436 g/mol. The van der Waals surface area contributed by atoms with Crippen LogP contribution in [0.3, 0.4) is 0 Å².